The van der Waals surface area contributed by atoms with E-state index >= 15 is 0 Å². The van der Waals surface area contributed by atoms with Crippen molar-refractivity contribution in [2.75, 3.05) is 17.3 Å². The summed E-state index contributed by atoms with van der Waals surface area (Å²) < 4.78 is 22.7. The zero-order chi connectivity index (χ0) is 14.8. The van der Waals surface area contributed by atoms with Crippen LogP contribution in [-0.2, 0) is 16.4 Å². The third-order valence-electron chi connectivity index (χ3n) is 3.12. The first-order chi connectivity index (χ1) is 9.36. The van der Waals surface area contributed by atoms with Crippen molar-refractivity contribution >= 4 is 21.2 Å². The summed E-state index contributed by atoms with van der Waals surface area (Å²) >= 11 is 0. The monoisotopic (exact) mass is 290 g/mol. The zero-order valence-corrected chi connectivity index (χ0v) is 12.4. The number of hydrogen-bond donors (Lipinski definition) is 2. The number of nitrogens with one attached hydrogen (secondary N) is 1. The molecule has 3 N–H and O–H groups in total. The highest BCUT2D eigenvalue weighted by atomic mass is 32.2. The molecule has 0 saturated heterocycles. The lowest BCUT2D eigenvalue weighted by Crippen LogP contribution is -2.02. The maximum Gasteiger partial charge on any atom is 0.175 e. The number of nitrogens with two attached hydrogens (primary N) is 1. The number of aryl methyl sites for hydroxylation is 1. The Hall–Kier alpha value is -2.01. The molecule has 0 radical (unpaired) electrons. The lowest BCUT2D eigenvalue weighted by molar-refractivity contribution is 0.602. The molecule has 2 rings (SSSR count). The van der Waals surface area contributed by atoms with Crippen molar-refractivity contribution in [1.29, 1.82) is 0 Å². The van der Waals surface area contributed by atoms with Crippen LogP contribution in [0.5, 0.6) is 0 Å². The van der Waals surface area contributed by atoms with Crippen LogP contribution in [0.3, 0.4) is 0 Å². The SMILES string of the molecule is Cc1cc(NCc2ccc(S(C)(=O)=O)cc2)ccc1N. The first kappa shape index (κ1) is 14.4. The van der Waals surface area contributed by atoms with Gasteiger partial charge in [-0.1, -0.05) is 12.1 Å². The molecule has 20 heavy (non-hydrogen) atoms. The Morgan fingerprint density at radius 3 is 2.30 bits per heavy atom. The molecule has 0 atom stereocenters. The molecule has 0 aromatic heterocycles. The van der Waals surface area contributed by atoms with Gasteiger partial charge in [-0.15, -0.1) is 0 Å². The molecule has 0 spiro atoms. The quantitative estimate of drug-likeness (QED) is 0.849. The summed E-state index contributed by atoms with van der Waals surface area (Å²) in [4.78, 5) is 0.338. The van der Waals surface area contributed by atoms with Crippen LogP contribution in [0.2, 0.25) is 0 Å². The standard InChI is InChI=1S/C15H18N2O2S/c1-11-9-13(5-8-15(11)16)17-10-12-3-6-14(7-4-12)20(2,18)19/h3-9,17H,10,16H2,1-2H3. The molecule has 5 heteroatoms. The van der Waals surface area contributed by atoms with Crippen molar-refractivity contribution in [3.63, 3.8) is 0 Å². The Morgan fingerprint density at radius 1 is 1.10 bits per heavy atom. The van der Waals surface area contributed by atoms with E-state index in [0.717, 1.165) is 22.5 Å². The Balaban J connectivity index is 2.06. The molecule has 0 aliphatic heterocycles. The molecule has 4 nitrogen and oxygen atoms in total. The van der Waals surface area contributed by atoms with Crippen LogP contribution < -0.4 is 11.1 Å². The van der Waals surface area contributed by atoms with Gasteiger partial charge in [-0.3, -0.25) is 0 Å². The summed E-state index contributed by atoms with van der Waals surface area (Å²) in [6.45, 7) is 2.59. The van der Waals surface area contributed by atoms with Gasteiger partial charge in [0.05, 0.1) is 4.90 Å². The van der Waals surface area contributed by atoms with Gasteiger partial charge >= 0.3 is 0 Å². The zero-order valence-electron chi connectivity index (χ0n) is 11.6. The van der Waals surface area contributed by atoms with E-state index in [2.05, 4.69) is 5.32 Å². The van der Waals surface area contributed by atoms with Gasteiger partial charge in [0.25, 0.3) is 0 Å². The molecular weight excluding hydrogens is 272 g/mol. The van der Waals surface area contributed by atoms with E-state index in [-0.39, 0.29) is 0 Å². The number of hydrogen-bond acceptors (Lipinski definition) is 4. The molecule has 0 aliphatic carbocycles. The van der Waals surface area contributed by atoms with Gasteiger partial charge in [0.15, 0.2) is 9.84 Å². The van der Waals surface area contributed by atoms with Crippen molar-refractivity contribution in [2.24, 2.45) is 0 Å². The van der Waals surface area contributed by atoms with Crippen molar-refractivity contribution in [3.8, 4) is 0 Å². The fourth-order valence-electron chi connectivity index (χ4n) is 1.84. The highest BCUT2D eigenvalue weighted by Gasteiger charge is 2.06. The number of rotatable bonds is 4. The minimum absolute atomic E-state index is 0.338. The number of nitrogen functional groups attached to an aromatic ring is 1. The predicted molar refractivity (Wildman–Crippen MR) is 82.5 cm³/mol. The second kappa shape index (κ2) is 5.54. The van der Waals surface area contributed by atoms with Crippen LogP contribution in [0.15, 0.2) is 47.4 Å². The molecule has 0 amide bonds. The van der Waals surface area contributed by atoms with E-state index in [0.29, 0.717) is 11.4 Å². The van der Waals surface area contributed by atoms with Crippen molar-refractivity contribution in [2.45, 2.75) is 18.4 Å². The fraction of sp³-hybridized carbons (Fsp3) is 0.200. The van der Waals surface area contributed by atoms with Crippen LogP contribution in [0.1, 0.15) is 11.1 Å². The maximum absolute atomic E-state index is 11.4. The topological polar surface area (TPSA) is 72.2 Å². The Kier molecular flexibility index (Phi) is 3.99. The van der Waals surface area contributed by atoms with Gasteiger partial charge in [0, 0.05) is 24.2 Å². The summed E-state index contributed by atoms with van der Waals surface area (Å²) in [5.41, 5.74) is 9.58. The lowest BCUT2D eigenvalue weighted by atomic mass is 10.1. The molecule has 0 saturated carbocycles. The molecular formula is C15H18N2O2S. The first-order valence-corrected chi connectivity index (χ1v) is 8.14. The van der Waals surface area contributed by atoms with Crippen LogP contribution in [-0.4, -0.2) is 14.7 Å². The second-order valence-electron chi connectivity index (χ2n) is 4.84. The van der Waals surface area contributed by atoms with Gasteiger partial charge in [-0.25, -0.2) is 8.42 Å². The van der Waals surface area contributed by atoms with Gasteiger partial charge in [0.1, 0.15) is 0 Å². The van der Waals surface area contributed by atoms with Gasteiger partial charge in [-0.05, 0) is 48.4 Å². The normalized spacial score (nSPS) is 11.3. The van der Waals surface area contributed by atoms with E-state index < -0.39 is 9.84 Å². The van der Waals surface area contributed by atoms with Crippen LogP contribution in [0.4, 0.5) is 11.4 Å². The molecule has 2 aromatic rings. The Morgan fingerprint density at radius 2 is 1.75 bits per heavy atom. The van der Waals surface area contributed by atoms with E-state index in [9.17, 15) is 8.42 Å². The number of sulfone groups is 1. The van der Waals surface area contributed by atoms with Crippen LogP contribution >= 0.6 is 0 Å². The highest BCUT2D eigenvalue weighted by Crippen LogP contribution is 2.18. The van der Waals surface area contributed by atoms with Crippen LogP contribution in [0.25, 0.3) is 0 Å². The van der Waals surface area contributed by atoms with E-state index in [1.54, 1.807) is 12.1 Å². The van der Waals surface area contributed by atoms with E-state index in [1.165, 1.54) is 6.26 Å². The van der Waals surface area contributed by atoms with E-state index in [1.807, 2.05) is 37.3 Å². The average molecular weight is 290 g/mol. The molecule has 0 fully saturated rings. The fourth-order valence-corrected chi connectivity index (χ4v) is 2.47. The van der Waals surface area contributed by atoms with Crippen molar-refractivity contribution < 1.29 is 8.42 Å². The molecule has 106 valence electrons. The van der Waals surface area contributed by atoms with Crippen molar-refractivity contribution in [3.05, 3.63) is 53.6 Å². The highest BCUT2D eigenvalue weighted by molar-refractivity contribution is 7.90. The number of benzene rings is 2. The van der Waals surface area contributed by atoms with E-state index in [4.69, 9.17) is 5.73 Å². The summed E-state index contributed by atoms with van der Waals surface area (Å²) in [6.07, 6.45) is 1.21. The Labute approximate surface area is 119 Å². The average Bonchev–Trinajstić information content (AvgIpc) is 2.40. The predicted octanol–water partition coefficient (Wildman–Crippen LogP) is 2.59. The summed E-state index contributed by atoms with van der Waals surface area (Å²) in [5.74, 6) is 0. The largest absolute Gasteiger partial charge is 0.399 e. The summed E-state index contributed by atoms with van der Waals surface area (Å²) in [7, 11) is -3.13. The summed E-state index contributed by atoms with van der Waals surface area (Å²) in [6, 6.07) is 12.7. The summed E-state index contributed by atoms with van der Waals surface area (Å²) in [5, 5.41) is 3.28. The third-order valence-corrected chi connectivity index (χ3v) is 4.25. The molecule has 2 aromatic carbocycles. The molecule has 0 aliphatic rings. The maximum atomic E-state index is 11.4. The first-order valence-electron chi connectivity index (χ1n) is 6.25. The molecule has 0 unspecified atom stereocenters. The van der Waals surface area contributed by atoms with Gasteiger partial charge in [-0.2, -0.15) is 0 Å². The Bertz CT molecular complexity index is 707. The minimum Gasteiger partial charge on any atom is -0.399 e. The van der Waals surface area contributed by atoms with Crippen LogP contribution in [0, 0.1) is 6.92 Å². The lowest BCUT2D eigenvalue weighted by Gasteiger charge is -2.09. The van der Waals surface area contributed by atoms with Gasteiger partial charge < -0.3 is 11.1 Å². The van der Waals surface area contributed by atoms with Crippen molar-refractivity contribution in [1.82, 2.24) is 0 Å². The van der Waals surface area contributed by atoms with Gasteiger partial charge in [0.2, 0.25) is 0 Å². The molecule has 0 heterocycles. The number of anilines is 2. The third kappa shape index (κ3) is 3.51. The second-order valence-corrected chi connectivity index (χ2v) is 6.86. The smallest absolute Gasteiger partial charge is 0.175 e. The minimum atomic E-state index is -3.13. The molecule has 0 bridgehead atoms.